The minimum Gasteiger partial charge on any atom is -0.219 e. The minimum atomic E-state index is -3.41. The molecule has 2 aromatic carbocycles. The zero-order chi connectivity index (χ0) is 16.4. The van der Waals surface area contributed by atoms with E-state index in [1.807, 2.05) is 30.3 Å². The molecular weight excluding hydrogens is 292 g/mol. The van der Waals surface area contributed by atoms with Crippen molar-refractivity contribution in [2.24, 2.45) is 0 Å². The van der Waals surface area contributed by atoms with Gasteiger partial charge in [-0.1, -0.05) is 63.2 Å². The average molecular weight is 314 g/mol. The van der Waals surface area contributed by atoms with Gasteiger partial charge in [0.1, 0.15) is 0 Å². The molecule has 0 saturated heterocycles. The maximum atomic E-state index is 12.4. The third-order valence-corrected chi connectivity index (χ3v) is 5.18. The molecule has 3 heteroatoms. The molecule has 0 aliphatic heterocycles. The van der Waals surface area contributed by atoms with Gasteiger partial charge in [0.15, 0.2) is 9.84 Å². The Morgan fingerprint density at radius 1 is 0.909 bits per heavy atom. The first-order valence-corrected chi connectivity index (χ1v) is 8.84. The Morgan fingerprint density at radius 3 is 2.05 bits per heavy atom. The van der Waals surface area contributed by atoms with E-state index in [4.69, 9.17) is 0 Å². The van der Waals surface area contributed by atoms with E-state index in [1.165, 1.54) is 11.0 Å². The van der Waals surface area contributed by atoms with Crippen LogP contribution >= 0.6 is 0 Å². The second kappa shape index (κ2) is 6.09. The molecule has 0 aliphatic carbocycles. The minimum absolute atomic E-state index is 0.0927. The summed E-state index contributed by atoms with van der Waals surface area (Å²) in [4.78, 5) is 0.359. The summed E-state index contributed by atoms with van der Waals surface area (Å²) in [5.74, 6) is 0. The Balaban J connectivity index is 2.27. The predicted octanol–water partition coefficient (Wildman–Crippen LogP) is 4.74. The summed E-state index contributed by atoms with van der Waals surface area (Å²) >= 11 is 0. The molecule has 2 nitrogen and oxygen atoms in total. The molecule has 22 heavy (non-hydrogen) atoms. The van der Waals surface area contributed by atoms with Crippen molar-refractivity contribution < 1.29 is 8.42 Å². The lowest BCUT2D eigenvalue weighted by molar-refractivity contribution is 0.590. The number of sulfone groups is 1. The van der Waals surface area contributed by atoms with Crippen LogP contribution in [0, 0.1) is 6.92 Å². The normalized spacial score (nSPS) is 12.7. The van der Waals surface area contributed by atoms with Gasteiger partial charge in [0, 0.05) is 5.41 Å². The highest BCUT2D eigenvalue weighted by molar-refractivity contribution is 7.94. The highest BCUT2D eigenvalue weighted by Crippen LogP contribution is 2.23. The fourth-order valence-electron chi connectivity index (χ4n) is 2.21. The molecule has 0 bridgehead atoms. The van der Waals surface area contributed by atoms with Gasteiger partial charge in [0.05, 0.1) is 4.90 Å². The number of benzene rings is 2. The highest BCUT2D eigenvalue weighted by Gasteiger charge is 2.14. The summed E-state index contributed by atoms with van der Waals surface area (Å²) in [5, 5.41) is 1.28. The quantitative estimate of drug-likeness (QED) is 0.820. The van der Waals surface area contributed by atoms with Gasteiger partial charge in [0.25, 0.3) is 0 Å². The molecule has 0 saturated carbocycles. The first kappa shape index (κ1) is 16.5. The van der Waals surface area contributed by atoms with Crippen LogP contribution in [0.25, 0.3) is 6.08 Å². The van der Waals surface area contributed by atoms with E-state index in [0.29, 0.717) is 4.90 Å². The van der Waals surface area contributed by atoms with Crippen LogP contribution in [0.3, 0.4) is 0 Å². The van der Waals surface area contributed by atoms with E-state index in [-0.39, 0.29) is 5.41 Å². The van der Waals surface area contributed by atoms with Crippen LogP contribution in [-0.2, 0) is 15.3 Å². The molecule has 0 aliphatic rings. The molecule has 2 aromatic rings. The predicted molar refractivity (Wildman–Crippen MR) is 92.5 cm³/mol. The van der Waals surface area contributed by atoms with E-state index in [2.05, 4.69) is 20.8 Å². The maximum absolute atomic E-state index is 12.4. The number of rotatable bonds is 3. The molecule has 0 spiro atoms. The molecular formula is C19H22O2S. The van der Waals surface area contributed by atoms with Gasteiger partial charge in [-0.25, -0.2) is 8.42 Å². The molecule has 0 aromatic heterocycles. The summed E-state index contributed by atoms with van der Waals surface area (Å²) in [6, 6.07) is 15.0. The van der Waals surface area contributed by atoms with Crippen molar-refractivity contribution in [1.29, 1.82) is 0 Å². The van der Waals surface area contributed by atoms with Crippen LogP contribution in [0.4, 0.5) is 0 Å². The molecule has 0 unspecified atom stereocenters. The Labute approximate surface area is 133 Å². The molecule has 0 heterocycles. The van der Waals surface area contributed by atoms with E-state index >= 15 is 0 Å². The molecule has 116 valence electrons. The third-order valence-electron chi connectivity index (χ3n) is 3.62. The molecule has 2 rings (SSSR count). The number of hydrogen-bond donors (Lipinski definition) is 0. The van der Waals surface area contributed by atoms with Gasteiger partial charge in [-0.05, 0) is 41.2 Å². The largest absolute Gasteiger partial charge is 0.219 e. The summed E-state index contributed by atoms with van der Waals surface area (Å²) in [7, 11) is -3.41. The van der Waals surface area contributed by atoms with Gasteiger partial charge in [-0.3, -0.25) is 0 Å². The first-order chi connectivity index (χ1) is 10.2. The van der Waals surface area contributed by atoms with E-state index < -0.39 is 9.84 Å². The van der Waals surface area contributed by atoms with E-state index in [0.717, 1.165) is 11.1 Å². The topological polar surface area (TPSA) is 34.1 Å². The van der Waals surface area contributed by atoms with Gasteiger partial charge < -0.3 is 0 Å². The molecule has 0 radical (unpaired) electrons. The SMILES string of the molecule is Cc1ccccc1S(=O)(=O)/C=C/c1ccc(C(C)(C)C)cc1. The van der Waals surface area contributed by atoms with Crippen molar-refractivity contribution in [3.8, 4) is 0 Å². The Morgan fingerprint density at radius 2 is 1.50 bits per heavy atom. The zero-order valence-electron chi connectivity index (χ0n) is 13.5. The van der Waals surface area contributed by atoms with Crippen molar-refractivity contribution in [2.75, 3.05) is 0 Å². The molecule has 0 atom stereocenters. The lowest BCUT2D eigenvalue weighted by Gasteiger charge is -2.18. The molecule has 0 fully saturated rings. The number of aryl methyl sites for hydroxylation is 1. The van der Waals surface area contributed by atoms with Crippen LogP contribution in [0.5, 0.6) is 0 Å². The lowest BCUT2D eigenvalue weighted by atomic mass is 9.87. The fourth-order valence-corrected chi connectivity index (χ4v) is 3.48. The van der Waals surface area contributed by atoms with Crippen LogP contribution in [0.1, 0.15) is 37.5 Å². The fraction of sp³-hybridized carbons (Fsp3) is 0.263. The first-order valence-electron chi connectivity index (χ1n) is 7.29. The van der Waals surface area contributed by atoms with Crippen molar-refractivity contribution in [3.63, 3.8) is 0 Å². The van der Waals surface area contributed by atoms with Crippen LogP contribution in [-0.4, -0.2) is 8.42 Å². The smallest absolute Gasteiger partial charge is 0.200 e. The Bertz CT molecular complexity index is 777. The Kier molecular flexibility index (Phi) is 4.57. The maximum Gasteiger partial charge on any atom is 0.200 e. The standard InChI is InChI=1S/C19H22O2S/c1-15-7-5-6-8-18(15)22(20,21)14-13-16-9-11-17(12-10-16)19(2,3)4/h5-14H,1-4H3/b14-13+. The summed E-state index contributed by atoms with van der Waals surface area (Å²) < 4.78 is 24.7. The molecule has 0 amide bonds. The van der Waals surface area contributed by atoms with Crippen LogP contribution < -0.4 is 0 Å². The summed E-state index contributed by atoms with van der Waals surface area (Å²) in [6.07, 6.45) is 1.65. The summed E-state index contributed by atoms with van der Waals surface area (Å²) in [6.45, 7) is 8.26. The van der Waals surface area contributed by atoms with Crippen molar-refractivity contribution in [1.82, 2.24) is 0 Å². The van der Waals surface area contributed by atoms with E-state index in [9.17, 15) is 8.42 Å². The monoisotopic (exact) mass is 314 g/mol. The lowest BCUT2D eigenvalue weighted by Crippen LogP contribution is -2.10. The third kappa shape index (κ3) is 3.86. The second-order valence-corrected chi connectivity index (χ2v) is 8.29. The van der Waals surface area contributed by atoms with Crippen molar-refractivity contribution in [3.05, 3.63) is 70.6 Å². The zero-order valence-corrected chi connectivity index (χ0v) is 14.3. The van der Waals surface area contributed by atoms with Crippen LogP contribution in [0.2, 0.25) is 0 Å². The molecule has 0 N–H and O–H groups in total. The summed E-state index contributed by atoms with van der Waals surface area (Å²) in [5.41, 5.74) is 2.96. The van der Waals surface area contributed by atoms with Crippen molar-refractivity contribution >= 4 is 15.9 Å². The van der Waals surface area contributed by atoms with Gasteiger partial charge in [-0.15, -0.1) is 0 Å². The highest BCUT2D eigenvalue weighted by atomic mass is 32.2. The van der Waals surface area contributed by atoms with Gasteiger partial charge in [-0.2, -0.15) is 0 Å². The van der Waals surface area contributed by atoms with E-state index in [1.54, 1.807) is 31.2 Å². The van der Waals surface area contributed by atoms with Gasteiger partial charge in [0.2, 0.25) is 0 Å². The second-order valence-electron chi connectivity index (χ2n) is 6.49. The average Bonchev–Trinajstić information content (AvgIpc) is 2.45. The number of hydrogen-bond acceptors (Lipinski definition) is 2. The van der Waals surface area contributed by atoms with Crippen molar-refractivity contribution in [2.45, 2.75) is 38.0 Å². The Hall–Kier alpha value is -1.87. The van der Waals surface area contributed by atoms with Gasteiger partial charge >= 0.3 is 0 Å². The van der Waals surface area contributed by atoms with Crippen LogP contribution in [0.15, 0.2) is 58.8 Å².